The number of aryl methyl sites for hydroxylation is 2. The average Bonchev–Trinajstić information content (AvgIpc) is 2.43. The molecular weight excluding hydrogens is 232 g/mol. The van der Waals surface area contributed by atoms with Crippen molar-refractivity contribution in [1.82, 2.24) is 0 Å². The molecule has 2 aromatic rings. The molecule has 0 heterocycles. The highest BCUT2D eigenvalue weighted by atomic mass is 16.1. The van der Waals surface area contributed by atoms with E-state index in [1.807, 2.05) is 0 Å². The topological polar surface area (TPSA) is 17.1 Å². The fourth-order valence-corrected chi connectivity index (χ4v) is 3.04. The van der Waals surface area contributed by atoms with Gasteiger partial charge in [-0.1, -0.05) is 43.7 Å². The SMILES string of the molecule is CCCCc1cccc2cc3c(cc12)CC(=O)CC3. The molecule has 2 aromatic carbocycles. The van der Waals surface area contributed by atoms with Gasteiger partial charge in [0.05, 0.1) is 0 Å². The van der Waals surface area contributed by atoms with Crippen LogP contribution in [0.1, 0.15) is 42.9 Å². The fourth-order valence-electron chi connectivity index (χ4n) is 3.04. The molecule has 3 rings (SSSR count). The molecule has 1 aliphatic carbocycles. The second kappa shape index (κ2) is 5.16. The van der Waals surface area contributed by atoms with E-state index >= 15 is 0 Å². The van der Waals surface area contributed by atoms with Crippen molar-refractivity contribution in [3.05, 3.63) is 47.0 Å². The minimum Gasteiger partial charge on any atom is -0.299 e. The zero-order valence-corrected chi connectivity index (χ0v) is 11.5. The van der Waals surface area contributed by atoms with Crippen molar-refractivity contribution in [2.45, 2.75) is 45.4 Å². The van der Waals surface area contributed by atoms with Crippen LogP contribution in [0, 0.1) is 0 Å². The Hall–Kier alpha value is -1.63. The summed E-state index contributed by atoms with van der Waals surface area (Å²) in [6.07, 6.45) is 5.86. The van der Waals surface area contributed by atoms with Gasteiger partial charge < -0.3 is 0 Å². The predicted octanol–water partition coefficient (Wildman–Crippen LogP) is 4.24. The molecular formula is C18H20O. The summed E-state index contributed by atoms with van der Waals surface area (Å²) in [5.41, 5.74) is 4.06. The third-order valence-corrected chi connectivity index (χ3v) is 4.15. The van der Waals surface area contributed by atoms with Crippen LogP contribution in [0.3, 0.4) is 0 Å². The maximum atomic E-state index is 11.6. The summed E-state index contributed by atoms with van der Waals surface area (Å²) in [7, 11) is 0. The number of benzene rings is 2. The van der Waals surface area contributed by atoms with Crippen LogP contribution in [0.25, 0.3) is 10.8 Å². The highest BCUT2D eigenvalue weighted by Gasteiger charge is 2.16. The van der Waals surface area contributed by atoms with Crippen molar-refractivity contribution in [3.8, 4) is 0 Å². The summed E-state index contributed by atoms with van der Waals surface area (Å²) in [6, 6.07) is 11.2. The smallest absolute Gasteiger partial charge is 0.137 e. The third-order valence-electron chi connectivity index (χ3n) is 4.15. The predicted molar refractivity (Wildman–Crippen MR) is 79.6 cm³/mol. The van der Waals surface area contributed by atoms with Crippen molar-refractivity contribution < 1.29 is 4.79 Å². The highest BCUT2D eigenvalue weighted by Crippen LogP contribution is 2.28. The Morgan fingerprint density at radius 2 is 2.00 bits per heavy atom. The van der Waals surface area contributed by atoms with Gasteiger partial charge in [0, 0.05) is 12.8 Å². The Kier molecular flexibility index (Phi) is 3.37. The molecule has 1 nitrogen and oxygen atoms in total. The minimum absolute atomic E-state index is 0.387. The van der Waals surface area contributed by atoms with Gasteiger partial charge in [0.2, 0.25) is 0 Å². The molecule has 0 unspecified atom stereocenters. The summed E-state index contributed by atoms with van der Waals surface area (Å²) in [5, 5.41) is 2.69. The lowest BCUT2D eigenvalue weighted by atomic mass is 9.87. The van der Waals surface area contributed by atoms with Gasteiger partial charge in [-0.25, -0.2) is 0 Å². The zero-order valence-electron chi connectivity index (χ0n) is 11.5. The standard InChI is InChI=1S/C18H20O/c1-2-3-5-13-6-4-7-15-10-14-8-9-17(19)11-16(14)12-18(13)15/h4,6-7,10,12H,2-3,5,8-9,11H2,1H3. The summed E-state index contributed by atoms with van der Waals surface area (Å²) >= 11 is 0. The van der Waals surface area contributed by atoms with Crippen LogP contribution in [0.5, 0.6) is 0 Å². The van der Waals surface area contributed by atoms with Gasteiger partial charge in [-0.3, -0.25) is 4.79 Å². The quantitative estimate of drug-likeness (QED) is 0.798. The van der Waals surface area contributed by atoms with Crippen LogP contribution >= 0.6 is 0 Å². The van der Waals surface area contributed by atoms with Crippen LogP contribution in [-0.4, -0.2) is 5.78 Å². The molecule has 0 aliphatic heterocycles. The van der Waals surface area contributed by atoms with Crippen molar-refractivity contribution >= 4 is 16.6 Å². The number of unbranched alkanes of at least 4 members (excludes halogenated alkanes) is 1. The molecule has 0 amide bonds. The maximum Gasteiger partial charge on any atom is 0.137 e. The van der Waals surface area contributed by atoms with Crippen molar-refractivity contribution in [1.29, 1.82) is 0 Å². The van der Waals surface area contributed by atoms with Gasteiger partial charge >= 0.3 is 0 Å². The normalized spacial score (nSPS) is 14.7. The Morgan fingerprint density at radius 3 is 2.84 bits per heavy atom. The van der Waals surface area contributed by atoms with Gasteiger partial charge in [0.1, 0.15) is 5.78 Å². The number of carbonyl (C=O) groups excluding carboxylic acids is 1. The molecule has 1 heteroatoms. The first-order valence-corrected chi connectivity index (χ1v) is 7.33. The van der Waals surface area contributed by atoms with E-state index in [4.69, 9.17) is 0 Å². The first-order chi connectivity index (χ1) is 9.28. The summed E-state index contributed by atoms with van der Waals surface area (Å²) in [4.78, 5) is 11.6. The van der Waals surface area contributed by atoms with E-state index < -0.39 is 0 Å². The lowest BCUT2D eigenvalue weighted by Gasteiger charge is -2.17. The van der Waals surface area contributed by atoms with Crippen LogP contribution in [0.2, 0.25) is 0 Å². The first kappa shape index (κ1) is 12.4. The van der Waals surface area contributed by atoms with E-state index in [1.54, 1.807) is 0 Å². The second-order valence-corrected chi connectivity index (χ2v) is 5.58. The summed E-state index contributed by atoms with van der Waals surface area (Å²) in [6.45, 7) is 2.23. The minimum atomic E-state index is 0.387. The Bertz CT molecular complexity index is 625. The molecule has 0 fully saturated rings. The Balaban J connectivity index is 2.09. The van der Waals surface area contributed by atoms with E-state index in [0.717, 1.165) is 12.8 Å². The van der Waals surface area contributed by atoms with Crippen LogP contribution in [-0.2, 0) is 24.1 Å². The van der Waals surface area contributed by atoms with Crippen LogP contribution in [0.15, 0.2) is 30.3 Å². The van der Waals surface area contributed by atoms with Gasteiger partial charge in [0.15, 0.2) is 0 Å². The van der Waals surface area contributed by atoms with E-state index in [0.29, 0.717) is 18.6 Å². The molecule has 0 aromatic heterocycles. The number of fused-ring (bicyclic) bond motifs is 2. The zero-order chi connectivity index (χ0) is 13.2. The summed E-state index contributed by atoms with van der Waals surface area (Å²) in [5.74, 6) is 0.387. The van der Waals surface area contributed by atoms with E-state index in [9.17, 15) is 4.79 Å². The molecule has 0 spiro atoms. The van der Waals surface area contributed by atoms with Gasteiger partial charge in [0.25, 0.3) is 0 Å². The van der Waals surface area contributed by atoms with Crippen molar-refractivity contribution in [2.24, 2.45) is 0 Å². The number of hydrogen-bond acceptors (Lipinski definition) is 1. The molecule has 0 radical (unpaired) electrons. The fraction of sp³-hybridized carbons (Fsp3) is 0.389. The van der Waals surface area contributed by atoms with E-state index in [-0.39, 0.29) is 0 Å². The van der Waals surface area contributed by atoms with Crippen molar-refractivity contribution in [3.63, 3.8) is 0 Å². The molecule has 19 heavy (non-hydrogen) atoms. The van der Waals surface area contributed by atoms with Gasteiger partial charge in [-0.15, -0.1) is 0 Å². The molecule has 0 saturated heterocycles. The molecule has 0 N–H and O–H groups in total. The lowest BCUT2D eigenvalue weighted by Crippen LogP contribution is -2.13. The van der Waals surface area contributed by atoms with Gasteiger partial charge in [-0.2, -0.15) is 0 Å². The number of ketones is 1. The number of rotatable bonds is 3. The first-order valence-electron chi connectivity index (χ1n) is 7.33. The second-order valence-electron chi connectivity index (χ2n) is 5.58. The van der Waals surface area contributed by atoms with E-state index in [1.165, 1.54) is 40.3 Å². The highest BCUT2D eigenvalue weighted by molar-refractivity contribution is 5.90. The molecule has 0 atom stereocenters. The van der Waals surface area contributed by atoms with Crippen LogP contribution < -0.4 is 0 Å². The molecule has 0 bridgehead atoms. The lowest BCUT2D eigenvalue weighted by molar-refractivity contribution is -0.118. The summed E-state index contributed by atoms with van der Waals surface area (Å²) < 4.78 is 0. The van der Waals surface area contributed by atoms with E-state index in [2.05, 4.69) is 37.3 Å². The third kappa shape index (κ3) is 2.42. The Morgan fingerprint density at radius 1 is 1.11 bits per heavy atom. The maximum absolute atomic E-state index is 11.6. The Labute approximate surface area is 114 Å². The number of Topliss-reactive ketones (excluding diaryl/α,β-unsaturated/α-hetero) is 1. The van der Waals surface area contributed by atoms with Crippen molar-refractivity contribution in [2.75, 3.05) is 0 Å². The largest absolute Gasteiger partial charge is 0.299 e. The molecule has 0 saturated carbocycles. The molecule has 1 aliphatic rings. The number of hydrogen-bond donors (Lipinski definition) is 0. The van der Waals surface area contributed by atoms with Gasteiger partial charge in [-0.05, 0) is 46.7 Å². The average molecular weight is 252 g/mol. The number of carbonyl (C=O) groups is 1. The monoisotopic (exact) mass is 252 g/mol. The molecule has 98 valence electrons. The van der Waals surface area contributed by atoms with Crippen LogP contribution in [0.4, 0.5) is 0 Å².